The lowest BCUT2D eigenvalue weighted by atomic mass is 9.81. The molecule has 1 saturated heterocycles. The molecule has 206 valence electrons. The maximum atomic E-state index is 15.4. The van der Waals surface area contributed by atoms with Gasteiger partial charge in [0.1, 0.15) is 11.9 Å². The molecule has 9 heteroatoms. The number of aliphatic hydroxyl groups is 1. The second-order valence-corrected chi connectivity index (χ2v) is 11.0. The number of methoxy groups -OCH3 is 1. The second kappa shape index (κ2) is 13.1. The van der Waals surface area contributed by atoms with Crippen LogP contribution in [0.1, 0.15) is 43.0 Å². The summed E-state index contributed by atoms with van der Waals surface area (Å²) in [6, 6.07) is 12.5. The summed E-state index contributed by atoms with van der Waals surface area (Å²) in [6.07, 6.45) is -0.882. The highest BCUT2D eigenvalue weighted by Crippen LogP contribution is 2.35. The van der Waals surface area contributed by atoms with Crippen LogP contribution in [0.2, 0.25) is 0 Å². The number of rotatable bonds is 11. The van der Waals surface area contributed by atoms with Gasteiger partial charge in [0, 0.05) is 29.6 Å². The van der Waals surface area contributed by atoms with Crippen LogP contribution in [0.5, 0.6) is 5.75 Å². The van der Waals surface area contributed by atoms with Gasteiger partial charge in [-0.2, -0.15) is 13.2 Å². The highest BCUT2D eigenvalue weighted by atomic mass is 32.2. The number of likely N-dealkylation sites (tertiary alicyclic amines) is 1. The molecule has 38 heavy (non-hydrogen) atoms. The number of pyridine rings is 1. The molecule has 2 aromatic carbocycles. The summed E-state index contributed by atoms with van der Waals surface area (Å²) >= 11 is 1.55. The molecule has 4 nitrogen and oxygen atoms in total. The summed E-state index contributed by atoms with van der Waals surface area (Å²) in [5, 5.41) is 10.8. The topological polar surface area (TPSA) is 45.6 Å². The van der Waals surface area contributed by atoms with Crippen LogP contribution in [-0.2, 0) is 6.18 Å². The number of benzene rings is 2. The van der Waals surface area contributed by atoms with Gasteiger partial charge in [0.05, 0.1) is 18.2 Å². The van der Waals surface area contributed by atoms with Gasteiger partial charge in [0.2, 0.25) is 0 Å². The Bertz CT molecular complexity index is 1180. The Balaban J connectivity index is 1.23. The maximum absolute atomic E-state index is 15.4. The van der Waals surface area contributed by atoms with E-state index in [1.807, 2.05) is 18.2 Å². The normalized spacial score (nSPS) is 19.5. The van der Waals surface area contributed by atoms with Crippen molar-refractivity contribution in [2.75, 3.05) is 39.1 Å². The number of ether oxygens (including phenoxy) is 1. The molecule has 3 atom stereocenters. The average molecular weight is 551 g/mol. The first kappa shape index (κ1) is 28.6. The zero-order chi connectivity index (χ0) is 27.1. The molecule has 1 aromatic heterocycles. The first-order chi connectivity index (χ1) is 18.3. The van der Waals surface area contributed by atoms with Crippen LogP contribution in [0.4, 0.5) is 17.6 Å². The molecule has 4 rings (SSSR count). The zero-order valence-electron chi connectivity index (χ0n) is 21.5. The Morgan fingerprint density at radius 2 is 1.92 bits per heavy atom. The van der Waals surface area contributed by atoms with E-state index in [0.29, 0.717) is 24.2 Å². The summed E-state index contributed by atoms with van der Waals surface area (Å²) in [5.74, 6) is 1.85. The molecule has 1 unspecified atom stereocenters. The Kier molecular flexibility index (Phi) is 9.90. The molecule has 3 aromatic rings. The average Bonchev–Trinajstić information content (AvgIpc) is 2.93. The maximum Gasteiger partial charge on any atom is 0.416 e. The number of aliphatic hydroxyl groups excluding tert-OH is 1. The predicted molar refractivity (Wildman–Crippen MR) is 143 cm³/mol. The van der Waals surface area contributed by atoms with Gasteiger partial charge < -0.3 is 14.7 Å². The third-order valence-electron chi connectivity index (χ3n) is 7.39. The van der Waals surface area contributed by atoms with Crippen molar-refractivity contribution in [2.24, 2.45) is 11.8 Å². The number of fused-ring (bicyclic) bond motifs is 1. The predicted octanol–water partition coefficient (Wildman–Crippen LogP) is 7.17. The van der Waals surface area contributed by atoms with Crippen LogP contribution < -0.4 is 4.74 Å². The van der Waals surface area contributed by atoms with E-state index >= 15 is 4.39 Å². The monoisotopic (exact) mass is 550 g/mol. The van der Waals surface area contributed by atoms with Gasteiger partial charge in [-0.05, 0) is 110 Å². The quantitative estimate of drug-likeness (QED) is 0.156. The van der Waals surface area contributed by atoms with Gasteiger partial charge in [-0.15, -0.1) is 11.8 Å². The standard InChI is InChI=1S/C29H34F4N2O2S/c1-37-23-6-10-28-26(17-23)25(11-13-34-28)27(30)9-3-20-12-15-35(18-21(20)19-36)14-2-16-38-24-7-4-22(5-8-24)29(31,32)33/h4-8,10-11,13,17,20-21,27,36H,2-3,9,12,14-16,18-19H2,1H3/t20-,21-,27?/m1/s1. The fourth-order valence-corrected chi connectivity index (χ4v) is 6.06. The number of aromatic nitrogens is 1. The molecule has 1 aliphatic rings. The minimum Gasteiger partial charge on any atom is -0.497 e. The molecule has 0 aliphatic carbocycles. The highest BCUT2D eigenvalue weighted by Gasteiger charge is 2.30. The van der Waals surface area contributed by atoms with E-state index in [2.05, 4.69) is 9.88 Å². The number of halogens is 4. The van der Waals surface area contributed by atoms with E-state index in [-0.39, 0.29) is 18.4 Å². The van der Waals surface area contributed by atoms with Gasteiger partial charge >= 0.3 is 6.18 Å². The largest absolute Gasteiger partial charge is 0.497 e. The lowest BCUT2D eigenvalue weighted by Gasteiger charge is -2.38. The molecule has 0 bridgehead atoms. The van der Waals surface area contributed by atoms with E-state index in [0.717, 1.165) is 66.2 Å². The Morgan fingerprint density at radius 3 is 2.63 bits per heavy atom. The van der Waals surface area contributed by atoms with Crippen molar-refractivity contribution in [3.05, 3.63) is 65.9 Å². The van der Waals surface area contributed by atoms with E-state index in [9.17, 15) is 18.3 Å². The van der Waals surface area contributed by atoms with Crippen LogP contribution in [0.15, 0.2) is 59.6 Å². The molecule has 1 fully saturated rings. The van der Waals surface area contributed by atoms with E-state index in [1.165, 1.54) is 12.1 Å². The molecule has 0 saturated carbocycles. The van der Waals surface area contributed by atoms with Crippen LogP contribution in [0, 0.1) is 11.8 Å². The fourth-order valence-electron chi connectivity index (χ4n) is 5.23. The third kappa shape index (κ3) is 7.39. The summed E-state index contributed by atoms with van der Waals surface area (Å²) in [6.45, 7) is 2.62. The van der Waals surface area contributed by atoms with Crippen LogP contribution in [0.25, 0.3) is 10.9 Å². The summed E-state index contributed by atoms with van der Waals surface area (Å²) in [4.78, 5) is 7.50. The summed E-state index contributed by atoms with van der Waals surface area (Å²) in [5.41, 5.74) is 0.731. The fraction of sp³-hybridized carbons (Fsp3) is 0.483. The molecule has 2 heterocycles. The molecule has 0 spiro atoms. The van der Waals surface area contributed by atoms with Crippen LogP contribution in [0.3, 0.4) is 0 Å². The van der Waals surface area contributed by atoms with Crippen molar-refractivity contribution < 1.29 is 27.4 Å². The number of nitrogens with zero attached hydrogens (tertiary/aromatic N) is 2. The van der Waals surface area contributed by atoms with Crippen LogP contribution in [-0.4, -0.2) is 54.1 Å². The van der Waals surface area contributed by atoms with Gasteiger partial charge in [-0.3, -0.25) is 4.98 Å². The van der Waals surface area contributed by atoms with E-state index < -0.39 is 17.9 Å². The van der Waals surface area contributed by atoms with Crippen molar-refractivity contribution in [3.63, 3.8) is 0 Å². The Labute approximate surface area is 225 Å². The molecule has 1 aliphatic heterocycles. The highest BCUT2D eigenvalue weighted by molar-refractivity contribution is 7.99. The number of hydrogen-bond acceptors (Lipinski definition) is 5. The SMILES string of the molecule is COc1ccc2nccc(C(F)CC[C@@H]3CCN(CCCSc4ccc(C(F)(F)F)cc4)C[C@@H]3CO)c2c1. The first-order valence-corrected chi connectivity index (χ1v) is 14.0. The van der Waals surface area contributed by atoms with Gasteiger partial charge in [0.25, 0.3) is 0 Å². The van der Waals surface area contributed by atoms with E-state index in [1.54, 1.807) is 31.1 Å². The van der Waals surface area contributed by atoms with Crippen molar-refractivity contribution in [1.82, 2.24) is 9.88 Å². The smallest absolute Gasteiger partial charge is 0.416 e. The first-order valence-electron chi connectivity index (χ1n) is 13.0. The molecule has 0 radical (unpaired) electrons. The van der Waals surface area contributed by atoms with Gasteiger partial charge in [0.15, 0.2) is 0 Å². The minimum absolute atomic E-state index is 0.0772. The van der Waals surface area contributed by atoms with Gasteiger partial charge in [-0.25, -0.2) is 4.39 Å². The minimum atomic E-state index is -4.31. The van der Waals surface area contributed by atoms with E-state index in [4.69, 9.17) is 4.74 Å². The molecule has 1 N–H and O–H groups in total. The second-order valence-electron chi connectivity index (χ2n) is 9.84. The number of alkyl halides is 4. The zero-order valence-corrected chi connectivity index (χ0v) is 22.3. The molecular weight excluding hydrogens is 516 g/mol. The van der Waals surface area contributed by atoms with Crippen molar-refractivity contribution in [2.45, 2.75) is 42.9 Å². The number of thioether (sulfide) groups is 1. The van der Waals surface area contributed by atoms with Crippen molar-refractivity contribution >= 4 is 22.7 Å². The number of hydrogen-bond donors (Lipinski definition) is 1. The lowest BCUT2D eigenvalue weighted by Crippen LogP contribution is -2.42. The Hall–Kier alpha value is -2.36. The number of piperidine rings is 1. The lowest BCUT2D eigenvalue weighted by molar-refractivity contribution is -0.137. The molecular formula is C29H34F4N2O2S. The summed E-state index contributed by atoms with van der Waals surface area (Å²) < 4.78 is 58.8. The van der Waals surface area contributed by atoms with Crippen molar-refractivity contribution in [1.29, 1.82) is 0 Å². The van der Waals surface area contributed by atoms with Gasteiger partial charge in [-0.1, -0.05) is 0 Å². The summed E-state index contributed by atoms with van der Waals surface area (Å²) in [7, 11) is 1.59. The Morgan fingerprint density at radius 1 is 1.13 bits per heavy atom. The van der Waals surface area contributed by atoms with Crippen molar-refractivity contribution in [3.8, 4) is 5.75 Å². The molecule has 0 amide bonds. The van der Waals surface area contributed by atoms with Crippen LogP contribution >= 0.6 is 11.8 Å². The third-order valence-corrected chi connectivity index (χ3v) is 8.49.